The third-order valence-electron chi connectivity index (χ3n) is 3.46. The van der Waals surface area contributed by atoms with Gasteiger partial charge in [0.25, 0.3) is 5.66 Å². The van der Waals surface area contributed by atoms with Gasteiger partial charge in [0.2, 0.25) is 6.41 Å². The van der Waals surface area contributed by atoms with Crippen LogP contribution in [-0.2, 0) is 10.5 Å². The maximum Gasteiger partial charge on any atom is 0.283 e. The molecule has 1 heterocycles. The van der Waals surface area contributed by atoms with Gasteiger partial charge in [0.15, 0.2) is 5.82 Å². The van der Waals surface area contributed by atoms with Crippen LogP contribution in [-0.4, -0.2) is 16.2 Å². The highest BCUT2D eigenvalue weighted by Gasteiger charge is 2.25. The molecule has 1 N–H and O–H groups in total. The molecule has 1 amide bonds. The molecule has 0 saturated heterocycles. The Hall–Kier alpha value is -2.59. The number of nitrogens with one attached hydrogen (secondary N) is 1. The molecule has 0 aliphatic heterocycles. The van der Waals surface area contributed by atoms with Gasteiger partial charge >= 0.3 is 0 Å². The lowest BCUT2D eigenvalue weighted by atomic mass is 10.1. The third-order valence-corrected chi connectivity index (χ3v) is 3.79. The number of hydrogen-bond acceptors (Lipinski definition) is 2. The number of carbonyl (C=O) groups excluding carboxylic acids is 1. The Bertz CT molecular complexity index is 860. The van der Waals surface area contributed by atoms with E-state index >= 15 is 0 Å². The van der Waals surface area contributed by atoms with E-state index in [4.69, 9.17) is 0 Å². The summed E-state index contributed by atoms with van der Waals surface area (Å²) in [5, 5.41) is 6.81. The summed E-state index contributed by atoms with van der Waals surface area (Å²) in [5.41, 5.74) is -1.20. The van der Waals surface area contributed by atoms with E-state index in [-0.39, 0.29) is 5.56 Å². The molecule has 1 unspecified atom stereocenters. The Balaban J connectivity index is 2.15. The van der Waals surface area contributed by atoms with Crippen LogP contribution in [0, 0.1) is 0 Å². The summed E-state index contributed by atoms with van der Waals surface area (Å²) < 4.78 is 28.8. The second-order valence-electron chi connectivity index (χ2n) is 5.13. The van der Waals surface area contributed by atoms with Gasteiger partial charge in [-0.15, -0.1) is 5.10 Å². The lowest BCUT2D eigenvalue weighted by molar-refractivity contribution is -0.105. The number of aromatic nitrogens is 2. The van der Waals surface area contributed by atoms with Crippen molar-refractivity contribution in [3.8, 4) is 16.9 Å². The average Bonchev–Trinajstić information content (AvgIpc) is 2.99. The van der Waals surface area contributed by atoms with Crippen LogP contribution in [0.15, 0.2) is 60.7 Å². The summed E-state index contributed by atoms with van der Waals surface area (Å²) in [6.45, 7) is 0. The smallest absolute Gasteiger partial charge is 0.283 e. The summed E-state index contributed by atoms with van der Waals surface area (Å²) in [5.74, 6) is 0.340. The SMILES string of the molecule is O=CNc1cc(-c2cccc(C(F)(F)P)c2)n(-c2ccccc2)n1. The van der Waals surface area contributed by atoms with Gasteiger partial charge in [-0.25, -0.2) is 4.68 Å². The number of para-hydroxylation sites is 1. The first-order valence-corrected chi connectivity index (χ1v) is 7.70. The molecular formula is C17H14F2N3OP. The van der Waals surface area contributed by atoms with Crippen molar-refractivity contribution in [2.45, 2.75) is 5.66 Å². The zero-order valence-corrected chi connectivity index (χ0v) is 13.6. The van der Waals surface area contributed by atoms with Gasteiger partial charge in [-0.3, -0.25) is 4.79 Å². The molecular weight excluding hydrogens is 331 g/mol. The quantitative estimate of drug-likeness (QED) is 0.561. The number of alkyl halides is 2. The van der Waals surface area contributed by atoms with Crippen molar-refractivity contribution < 1.29 is 13.6 Å². The number of carbonyl (C=O) groups is 1. The first-order valence-electron chi connectivity index (χ1n) is 7.12. The number of amides is 1. The topological polar surface area (TPSA) is 46.9 Å². The molecule has 7 heteroatoms. The van der Waals surface area contributed by atoms with Crippen LogP contribution in [0.4, 0.5) is 14.6 Å². The Morgan fingerprint density at radius 1 is 1.08 bits per heavy atom. The molecule has 122 valence electrons. The van der Waals surface area contributed by atoms with Crippen LogP contribution < -0.4 is 5.32 Å². The predicted molar refractivity (Wildman–Crippen MR) is 92.3 cm³/mol. The summed E-state index contributed by atoms with van der Waals surface area (Å²) >= 11 is 0. The molecule has 2 aromatic carbocycles. The van der Waals surface area contributed by atoms with Crippen molar-refractivity contribution in [3.63, 3.8) is 0 Å². The number of halogens is 2. The summed E-state index contributed by atoms with van der Waals surface area (Å²) in [6.07, 6.45) is 0.523. The molecule has 0 radical (unpaired) electrons. The normalized spacial score (nSPS) is 11.3. The van der Waals surface area contributed by atoms with Gasteiger partial charge in [-0.05, 0) is 18.2 Å². The maximum absolute atomic E-state index is 13.6. The standard InChI is InChI=1S/C17H14F2N3OP/c18-17(19,24)13-6-4-5-12(9-13)15-10-16(20-11-23)21-22(15)14-7-2-1-3-8-14/h1-11H,24H2,(H,20,21,23). The highest BCUT2D eigenvalue weighted by Crippen LogP contribution is 2.37. The first-order chi connectivity index (χ1) is 11.5. The van der Waals surface area contributed by atoms with E-state index in [9.17, 15) is 13.6 Å². The molecule has 4 nitrogen and oxygen atoms in total. The van der Waals surface area contributed by atoms with Gasteiger partial charge in [0.1, 0.15) is 0 Å². The zero-order chi connectivity index (χ0) is 17.2. The lowest BCUT2D eigenvalue weighted by Crippen LogP contribution is -2.03. The molecule has 3 aromatic rings. The number of benzene rings is 2. The highest BCUT2D eigenvalue weighted by atomic mass is 31.0. The Morgan fingerprint density at radius 2 is 1.83 bits per heavy atom. The first kappa shape index (κ1) is 16.3. The second-order valence-corrected chi connectivity index (χ2v) is 5.85. The molecule has 0 aliphatic carbocycles. The molecule has 1 atom stereocenters. The summed E-state index contributed by atoms with van der Waals surface area (Å²) in [7, 11) is 1.53. The van der Waals surface area contributed by atoms with Crippen molar-refractivity contribution in [2.75, 3.05) is 5.32 Å². The fraction of sp³-hybridized carbons (Fsp3) is 0.0588. The van der Waals surface area contributed by atoms with Crippen molar-refractivity contribution >= 4 is 21.5 Å². The molecule has 0 bridgehead atoms. The van der Waals surface area contributed by atoms with E-state index in [0.717, 1.165) is 5.69 Å². The summed E-state index contributed by atoms with van der Waals surface area (Å²) in [6, 6.07) is 17.0. The van der Waals surface area contributed by atoms with Crippen LogP contribution >= 0.6 is 9.24 Å². The van der Waals surface area contributed by atoms with Crippen LogP contribution in [0.5, 0.6) is 0 Å². The van der Waals surface area contributed by atoms with E-state index in [1.54, 1.807) is 22.9 Å². The van der Waals surface area contributed by atoms with Gasteiger partial charge in [-0.2, -0.15) is 8.78 Å². The molecule has 24 heavy (non-hydrogen) atoms. The van der Waals surface area contributed by atoms with E-state index in [1.807, 2.05) is 30.3 Å². The van der Waals surface area contributed by atoms with Crippen LogP contribution in [0.2, 0.25) is 0 Å². The Morgan fingerprint density at radius 3 is 2.50 bits per heavy atom. The Labute approximate surface area is 139 Å². The fourth-order valence-electron chi connectivity index (χ4n) is 2.37. The minimum absolute atomic E-state index is 0.115. The predicted octanol–water partition coefficient (Wildman–Crippen LogP) is 4.03. The average molecular weight is 345 g/mol. The van der Waals surface area contributed by atoms with Crippen LogP contribution in [0.3, 0.4) is 0 Å². The summed E-state index contributed by atoms with van der Waals surface area (Å²) in [4.78, 5) is 10.7. The van der Waals surface area contributed by atoms with Gasteiger partial charge in [0.05, 0.1) is 11.4 Å². The molecule has 0 fully saturated rings. The van der Waals surface area contributed by atoms with Crippen molar-refractivity contribution in [1.29, 1.82) is 0 Å². The van der Waals surface area contributed by atoms with E-state index in [2.05, 4.69) is 10.4 Å². The zero-order valence-electron chi connectivity index (χ0n) is 12.5. The van der Waals surface area contributed by atoms with Crippen molar-refractivity contribution in [1.82, 2.24) is 9.78 Å². The highest BCUT2D eigenvalue weighted by molar-refractivity contribution is 7.17. The van der Waals surface area contributed by atoms with Crippen LogP contribution in [0.1, 0.15) is 5.56 Å². The molecule has 1 aromatic heterocycles. The lowest BCUT2D eigenvalue weighted by Gasteiger charge is -2.13. The molecule has 3 rings (SSSR count). The minimum atomic E-state index is -3.02. The maximum atomic E-state index is 13.6. The number of anilines is 1. The van der Waals surface area contributed by atoms with E-state index in [1.165, 1.54) is 21.4 Å². The van der Waals surface area contributed by atoms with E-state index < -0.39 is 5.66 Å². The van der Waals surface area contributed by atoms with Gasteiger partial charge in [-0.1, -0.05) is 45.6 Å². The molecule has 0 saturated carbocycles. The number of rotatable bonds is 5. The fourth-order valence-corrected chi connectivity index (χ4v) is 2.55. The van der Waals surface area contributed by atoms with E-state index in [0.29, 0.717) is 23.5 Å². The second kappa shape index (κ2) is 6.49. The monoisotopic (exact) mass is 345 g/mol. The number of hydrogen-bond donors (Lipinski definition) is 1. The third kappa shape index (κ3) is 3.34. The minimum Gasteiger partial charge on any atom is -0.312 e. The largest absolute Gasteiger partial charge is 0.312 e. The Kier molecular flexibility index (Phi) is 4.40. The number of nitrogens with zero attached hydrogens (tertiary/aromatic N) is 2. The van der Waals surface area contributed by atoms with Crippen molar-refractivity contribution in [3.05, 3.63) is 66.2 Å². The van der Waals surface area contributed by atoms with Gasteiger partial charge < -0.3 is 5.32 Å². The molecule has 0 spiro atoms. The van der Waals surface area contributed by atoms with Crippen molar-refractivity contribution in [2.24, 2.45) is 0 Å². The van der Waals surface area contributed by atoms with Gasteiger partial charge in [0, 0.05) is 17.2 Å². The van der Waals surface area contributed by atoms with Crippen LogP contribution in [0.25, 0.3) is 16.9 Å². The molecule has 0 aliphatic rings.